The van der Waals surface area contributed by atoms with Crippen molar-refractivity contribution in [2.75, 3.05) is 0 Å². The monoisotopic (exact) mass is 348 g/mol. The molecule has 0 aromatic carbocycles. The molecule has 2 atom stereocenters. The summed E-state index contributed by atoms with van der Waals surface area (Å²) >= 11 is 0. The Bertz CT molecular complexity index is 381. The van der Waals surface area contributed by atoms with Crippen molar-refractivity contribution in [2.24, 2.45) is 11.8 Å². The van der Waals surface area contributed by atoms with Crippen LogP contribution in [0.15, 0.2) is 0 Å². The van der Waals surface area contributed by atoms with E-state index in [4.69, 9.17) is 9.78 Å². The summed E-state index contributed by atoms with van der Waals surface area (Å²) in [5, 5.41) is 9.02. The Kier molecular flexibility index (Phi) is 7.59. The van der Waals surface area contributed by atoms with Crippen LogP contribution in [0.25, 0.3) is 0 Å². The zero-order chi connectivity index (χ0) is 18.4. The lowest BCUT2D eigenvalue weighted by Gasteiger charge is -2.27. The van der Waals surface area contributed by atoms with Crippen LogP contribution in [0.3, 0.4) is 0 Å². The maximum atomic E-state index is 12.1. The number of carbonyl (C=O) groups excluding carboxylic acids is 2. The highest BCUT2D eigenvalue weighted by Crippen LogP contribution is 2.32. The minimum atomic E-state index is -0.673. The van der Waals surface area contributed by atoms with Crippen LogP contribution in [0.1, 0.15) is 67.2 Å². The van der Waals surface area contributed by atoms with Gasteiger partial charge >= 0.3 is 11.9 Å². The second-order valence-corrected chi connectivity index (χ2v) is 7.83. The summed E-state index contributed by atoms with van der Waals surface area (Å²) in [4.78, 5) is 43.3. The van der Waals surface area contributed by atoms with Gasteiger partial charge in [-0.3, -0.25) is 9.78 Å². The number of hydrogen-bond acceptors (Lipinski definition) is 8. The average Bonchev–Trinajstić information content (AvgIpc) is 2.44. The van der Waals surface area contributed by atoms with Crippen molar-refractivity contribution in [2.45, 2.75) is 78.4 Å². The quantitative estimate of drug-likeness (QED) is 0.534. The third-order valence-electron chi connectivity index (χ3n) is 3.17. The van der Waals surface area contributed by atoms with Gasteiger partial charge in [-0.2, -0.15) is 9.78 Å². The van der Waals surface area contributed by atoms with Crippen molar-refractivity contribution in [1.82, 2.24) is 0 Å². The van der Waals surface area contributed by atoms with Crippen LogP contribution < -0.4 is 0 Å². The summed E-state index contributed by atoms with van der Waals surface area (Å²) < 4.78 is 0. The fourth-order valence-electron chi connectivity index (χ4n) is 2.12. The molecule has 0 saturated heterocycles. The van der Waals surface area contributed by atoms with E-state index in [0.29, 0.717) is 12.8 Å². The molecule has 0 amide bonds. The minimum Gasteiger partial charge on any atom is -0.268 e. The van der Waals surface area contributed by atoms with Crippen LogP contribution in [0.4, 0.5) is 0 Å². The maximum Gasteiger partial charge on any atom is 0.349 e. The van der Waals surface area contributed by atoms with Gasteiger partial charge in [-0.1, -0.05) is 12.8 Å². The third-order valence-corrected chi connectivity index (χ3v) is 3.17. The summed E-state index contributed by atoms with van der Waals surface area (Å²) in [7, 11) is 0. The predicted octanol–water partition coefficient (Wildman–Crippen LogP) is 3.20. The van der Waals surface area contributed by atoms with Gasteiger partial charge in [0.2, 0.25) is 0 Å². The Labute approximate surface area is 142 Å². The van der Waals surface area contributed by atoms with Gasteiger partial charge in [0.25, 0.3) is 0 Å². The van der Waals surface area contributed by atoms with Gasteiger partial charge in [-0.05, 0) is 64.5 Å². The molecule has 1 aliphatic rings. The zero-order valence-electron chi connectivity index (χ0n) is 15.2. The Morgan fingerprint density at radius 2 is 1.04 bits per heavy atom. The maximum absolute atomic E-state index is 12.1. The molecule has 0 aromatic rings. The van der Waals surface area contributed by atoms with Crippen LogP contribution >= 0.6 is 0 Å². The van der Waals surface area contributed by atoms with Gasteiger partial charge in [0.1, 0.15) is 0 Å². The molecule has 1 rings (SSSR count). The summed E-state index contributed by atoms with van der Waals surface area (Å²) in [6.45, 7) is 10.5. The lowest BCUT2D eigenvalue weighted by Crippen LogP contribution is -2.36. The highest BCUT2D eigenvalue weighted by molar-refractivity contribution is 5.81. The molecule has 1 fully saturated rings. The van der Waals surface area contributed by atoms with Gasteiger partial charge in [0, 0.05) is 0 Å². The lowest BCUT2D eigenvalue weighted by molar-refractivity contribution is -0.518. The summed E-state index contributed by atoms with van der Waals surface area (Å²) in [6, 6.07) is 0. The van der Waals surface area contributed by atoms with Crippen molar-refractivity contribution in [3.05, 3.63) is 0 Å². The summed E-state index contributed by atoms with van der Waals surface area (Å²) in [5.41, 5.74) is -1.24. The molecule has 1 aliphatic carbocycles. The van der Waals surface area contributed by atoms with E-state index in [9.17, 15) is 9.59 Å². The van der Waals surface area contributed by atoms with Gasteiger partial charge < -0.3 is 0 Å². The molecule has 0 spiro atoms. The van der Waals surface area contributed by atoms with Gasteiger partial charge in [0.05, 0.1) is 23.0 Å². The van der Waals surface area contributed by atoms with E-state index in [1.54, 1.807) is 41.5 Å². The van der Waals surface area contributed by atoms with Crippen molar-refractivity contribution in [1.29, 1.82) is 0 Å². The first-order valence-electron chi connectivity index (χ1n) is 8.12. The van der Waals surface area contributed by atoms with Gasteiger partial charge in [-0.15, -0.1) is 0 Å². The Morgan fingerprint density at radius 3 is 1.33 bits per heavy atom. The molecule has 0 heterocycles. The molecule has 24 heavy (non-hydrogen) atoms. The van der Waals surface area contributed by atoms with E-state index < -0.39 is 35.0 Å². The molecule has 0 N–H and O–H groups in total. The molecule has 2 unspecified atom stereocenters. The SMILES string of the molecule is CC(C)(C)OOOC(=O)C1CCCCC1C(=O)OOOC(C)(C)C. The summed E-state index contributed by atoms with van der Waals surface area (Å²) in [6.07, 6.45) is 2.61. The number of rotatable bonds is 6. The first-order valence-corrected chi connectivity index (χ1v) is 8.12. The second-order valence-electron chi connectivity index (χ2n) is 7.83. The van der Waals surface area contributed by atoms with Crippen LogP contribution in [-0.2, 0) is 39.2 Å². The van der Waals surface area contributed by atoms with Crippen LogP contribution in [-0.4, -0.2) is 23.1 Å². The second kappa shape index (κ2) is 8.75. The molecule has 140 valence electrons. The lowest BCUT2D eigenvalue weighted by atomic mass is 9.79. The van der Waals surface area contributed by atoms with Crippen LogP contribution in [0.2, 0.25) is 0 Å². The molecule has 0 radical (unpaired) electrons. The Balaban J connectivity index is 2.51. The van der Waals surface area contributed by atoms with Gasteiger partial charge in [-0.25, -0.2) is 9.59 Å². The van der Waals surface area contributed by atoms with Gasteiger partial charge in [0.15, 0.2) is 0 Å². The Hall–Kier alpha value is -1.22. The van der Waals surface area contributed by atoms with Crippen LogP contribution in [0, 0.1) is 11.8 Å². The molecule has 0 aliphatic heterocycles. The van der Waals surface area contributed by atoms with E-state index in [-0.39, 0.29) is 0 Å². The Morgan fingerprint density at radius 1 is 0.708 bits per heavy atom. The molecule has 8 nitrogen and oxygen atoms in total. The third kappa shape index (κ3) is 8.05. The van der Waals surface area contributed by atoms with E-state index >= 15 is 0 Å². The highest BCUT2D eigenvalue weighted by Gasteiger charge is 2.39. The molecule has 0 aromatic heterocycles. The zero-order valence-corrected chi connectivity index (χ0v) is 15.2. The fourth-order valence-corrected chi connectivity index (χ4v) is 2.12. The average molecular weight is 348 g/mol. The van der Waals surface area contributed by atoms with Crippen molar-refractivity contribution < 1.29 is 39.2 Å². The fraction of sp³-hybridized carbons (Fsp3) is 0.875. The first-order chi connectivity index (χ1) is 11.0. The molecular formula is C16H28O8. The van der Waals surface area contributed by atoms with E-state index in [2.05, 4.69) is 19.9 Å². The topological polar surface area (TPSA) is 89.5 Å². The standard InChI is InChI=1S/C16H28O8/c1-15(2,3)21-23-19-13(17)11-9-7-8-10-12(11)14(18)20-24-22-16(4,5)6/h11-12H,7-10H2,1-6H3. The normalized spacial score (nSPS) is 22.1. The van der Waals surface area contributed by atoms with E-state index in [1.807, 2.05) is 0 Å². The molecule has 0 bridgehead atoms. The van der Waals surface area contributed by atoms with E-state index in [1.165, 1.54) is 0 Å². The largest absolute Gasteiger partial charge is 0.349 e. The number of hydrogen-bond donors (Lipinski definition) is 0. The minimum absolute atomic E-state index is 0.498. The van der Waals surface area contributed by atoms with Crippen molar-refractivity contribution in [3.8, 4) is 0 Å². The van der Waals surface area contributed by atoms with Crippen molar-refractivity contribution in [3.63, 3.8) is 0 Å². The molecule has 8 heteroatoms. The van der Waals surface area contributed by atoms with Crippen molar-refractivity contribution >= 4 is 11.9 Å². The van der Waals surface area contributed by atoms with Crippen LogP contribution in [0.5, 0.6) is 0 Å². The predicted molar refractivity (Wildman–Crippen MR) is 81.5 cm³/mol. The highest BCUT2D eigenvalue weighted by atomic mass is 17.5. The molecule has 1 saturated carbocycles. The smallest absolute Gasteiger partial charge is 0.268 e. The molecular weight excluding hydrogens is 320 g/mol. The van der Waals surface area contributed by atoms with E-state index in [0.717, 1.165) is 12.8 Å². The summed E-state index contributed by atoms with van der Waals surface area (Å²) in [5.74, 6) is -2.68. The number of carbonyl (C=O) groups is 2. The first kappa shape index (κ1) is 20.8.